The van der Waals surface area contributed by atoms with Crippen molar-refractivity contribution < 1.29 is 9.53 Å². The summed E-state index contributed by atoms with van der Waals surface area (Å²) in [7, 11) is 0. The van der Waals surface area contributed by atoms with Crippen LogP contribution < -0.4 is 0 Å². The van der Waals surface area contributed by atoms with Crippen LogP contribution in [0.15, 0.2) is 60.8 Å². The SMILES string of the molecule is CCC=CCC=CCC=CCC=CCC=CCCC(CC)(CC)C(=O)OCC. The Labute approximate surface area is 174 Å². The molecule has 158 valence electrons. The van der Waals surface area contributed by atoms with Crippen molar-refractivity contribution in [1.29, 1.82) is 0 Å². The Morgan fingerprint density at radius 1 is 0.679 bits per heavy atom. The zero-order chi connectivity index (χ0) is 20.9. The van der Waals surface area contributed by atoms with E-state index >= 15 is 0 Å². The molecule has 0 N–H and O–H groups in total. The summed E-state index contributed by atoms with van der Waals surface area (Å²) in [6.45, 7) is 8.65. The first-order valence-corrected chi connectivity index (χ1v) is 11.1. The minimum absolute atomic E-state index is 0.0349. The second kappa shape index (κ2) is 18.5. The molecule has 0 aliphatic carbocycles. The molecule has 0 fully saturated rings. The maximum Gasteiger partial charge on any atom is 0.312 e. The lowest BCUT2D eigenvalue weighted by molar-refractivity contribution is -0.156. The molecule has 0 aliphatic heterocycles. The number of allylic oxidation sites excluding steroid dienone is 10. The van der Waals surface area contributed by atoms with E-state index in [2.05, 4.69) is 81.5 Å². The Morgan fingerprint density at radius 2 is 1.11 bits per heavy atom. The first-order chi connectivity index (χ1) is 13.7. The highest BCUT2D eigenvalue weighted by molar-refractivity contribution is 5.76. The van der Waals surface area contributed by atoms with Gasteiger partial charge in [0.15, 0.2) is 0 Å². The minimum atomic E-state index is -0.318. The molecule has 0 saturated heterocycles. The largest absolute Gasteiger partial charge is 0.466 e. The molecule has 2 heteroatoms. The van der Waals surface area contributed by atoms with Crippen molar-refractivity contribution in [3.05, 3.63) is 60.8 Å². The van der Waals surface area contributed by atoms with Crippen LogP contribution in [0, 0.1) is 5.41 Å². The van der Waals surface area contributed by atoms with E-state index in [-0.39, 0.29) is 11.4 Å². The van der Waals surface area contributed by atoms with Crippen LogP contribution in [-0.4, -0.2) is 12.6 Å². The number of carbonyl (C=O) groups is 1. The summed E-state index contributed by atoms with van der Waals surface area (Å²) in [5.74, 6) is -0.0349. The summed E-state index contributed by atoms with van der Waals surface area (Å²) in [6.07, 6.45) is 30.6. The molecular formula is C26H42O2. The molecule has 0 rings (SSSR count). The molecule has 0 aliphatic rings. The molecule has 0 spiro atoms. The molecule has 0 aromatic heterocycles. The van der Waals surface area contributed by atoms with Crippen molar-refractivity contribution in [1.82, 2.24) is 0 Å². The van der Waals surface area contributed by atoms with Crippen LogP contribution in [0.25, 0.3) is 0 Å². The second-order valence-corrected chi connectivity index (χ2v) is 6.95. The van der Waals surface area contributed by atoms with Gasteiger partial charge in [-0.05, 0) is 64.7 Å². The third kappa shape index (κ3) is 12.5. The zero-order valence-electron chi connectivity index (χ0n) is 18.7. The third-order valence-corrected chi connectivity index (χ3v) is 5.01. The molecule has 0 aromatic rings. The van der Waals surface area contributed by atoms with Gasteiger partial charge in [0.25, 0.3) is 0 Å². The first kappa shape index (κ1) is 26.2. The number of ether oxygens (including phenoxy) is 1. The molecule has 2 nitrogen and oxygen atoms in total. The normalized spacial score (nSPS) is 13.1. The zero-order valence-corrected chi connectivity index (χ0v) is 18.7. The summed E-state index contributed by atoms with van der Waals surface area (Å²) < 4.78 is 5.28. The van der Waals surface area contributed by atoms with Gasteiger partial charge < -0.3 is 4.74 Å². The highest BCUT2D eigenvalue weighted by Gasteiger charge is 2.35. The predicted octanol–water partition coefficient (Wildman–Crippen LogP) is 7.89. The van der Waals surface area contributed by atoms with Crippen LogP contribution in [0.3, 0.4) is 0 Å². The summed E-state index contributed by atoms with van der Waals surface area (Å²) >= 11 is 0. The fraction of sp³-hybridized carbons (Fsp3) is 0.577. The van der Waals surface area contributed by atoms with Gasteiger partial charge in [-0.15, -0.1) is 0 Å². The van der Waals surface area contributed by atoms with Gasteiger partial charge >= 0.3 is 5.97 Å². The van der Waals surface area contributed by atoms with Crippen molar-refractivity contribution in [2.24, 2.45) is 5.41 Å². The topological polar surface area (TPSA) is 26.3 Å². The molecule has 0 amide bonds. The van der Waals surface area contributed by atoms with Gasteiger partial charge in [0.1, 0.15) is 0 Å². The lowest BCUT2D eigenvalue weighted by Gasteiger charge is -2.28. The number of hydrogen-bond acceptors (Lipinski definition) is 2. The molecule has 28 heavy (non-hydrogen) atoms. The molecule has 0 bridgehead atoms. The van der Waals surface area contributed by atoms with E-state index in [1.807, 2.05) is 6.92 Å². The van der Waals surface area contributed by atoms with Crippen molar-refractivity contribution in [3.63, 3.8) is 0 Å². The maximum atomic E-state index is 12.2. The first-order valence-electron chi connectivity index (χ1n) is 11.1. The highest BCUT2D eigenvalue weighted by Crippen LogP contribution is 2.33. The van der Waals surface area contributed by atoms with Crippen molar-refractivity contribution in [2.45, 2.75) is 85.5 Å². The van der Waals surface area contributed by atoms with Crippen molar-refractivity contribution >= 4 is 5.97 Å². The van der Waals surface area contributed by atoms with E-state index in [0.717, 1.165) is 57.8 Å². The van der Waals surface area contributed by atoms with Gasteiger partial charge in [0, 0.05) is 0 Å². The van der Waals surface area contributed by atoms with E-state index in [4.69, 9.17) is 4.74 Å². The average Bonchev–Trinajstić information content (AvgIpc) is 2.71. The van der Waals surface area contributed by atoms with Gasteiger partial charge in [-0.1, -0.05) is 81.5 Å². The van der Waals surface area contributed by atoms with E-state index < -0.39 is 0 Å². The Morgan fingerprint density at radius 3 is 1.50 bits per heavy atom. The Kier molecular flexibility index (Phi) is 17.3. The van der Waals surface area contributed by atoms with Crippen LogP contribution >= 0.6 is 0 Å². The Hall–Kier alpha value is -1.83. The molecule has 0 radical (unpaired) electrons. The van der Waals surface area contributed by atoms with E-state index in [1.165, 1.54) is 0 Å². The minimum Gasteiger partial charge on any atom is -0.466 e. The van der Waals surface area contributed by atoms with Gasteiger partial charge in [-0.25, -0.2) is 0 Å². The molecule has 0 aromatic carbocycles. The quantitative estimate of drug-likeness (QED) is 0.199. The summed E-state index contributed by atoms with van der Waals surface area (Å²) in [5.41, 5.74) is -0.318. The lowest BCUT2D eigenvalue weighted by Crippen LogP contribution is -2.31. The monoisotopic (exact) mass is 386 g/mol. The van der Waals surface area contributed by atoms with Crippen molar-refractivity contribution in [3.8, 4) is 0 Å². The second-order valence-electron chi connectivity index (χ2n) is 6.95. The summed E-state index contributed by atoms with van der Waals surface area (Å²) in [6, 6.07) is 0. The lowest BCUT2D eigenvalue weighted by atomic mass is 9.78. The van der Waals surface area contributed by atoms with Crippen LogP contribution in [-0.2, 0) is 9.53 Å². The van der Waals surface area contributed by atoms with Crippen molar-refractivity contribution in [2.75, 3.05) is 6.61 Å². The smallest absolute Gasteiger partial charge is 0.312 e. The Balaban J connectivity index is 3.97. The Bertz CT molecular complexity index is 517. The third-order valence-electron chi connectivity index (χ3n) is 5.01. The number of hydrogen-bond donors (Lipinski definition) is 0. The molecular weight excluding hydrogens is 344 g/mol. The fourth-order valence-electron chi connectivity index (χ4n) is 3.01. The fourth-order valence-corrected chi connectivity index (χ4v) is 3.01. The van der Waals surface area contributed by atoms with Gasteiger partial charge in [0.05, 0.1) is 12.0 Å². The average molecular weight is 387 g/mol. The molecule has 0 unspecified atom stereocenters. The number of carbonyl (C=O) groups excluding carboxylic acids is 1. The van der Waals surface area contributed by atoms with Gasteiger partial charge in [-0.3, -0.25) is 4.79 Å². The van der Waals surface area contributed by atoms with Crippen LogP contribution in [0.4, 0.5) is 0 Å². The molecule has 0 saturated carbocycles. The maximum absolute atomic E-state index is 12.2. The van der Waals surface area contributed by atoms with Gasteiger partial charge in [-0.2, -0.15) is 0 Å². The van der Waals surface area contributed by atoms with Crippen LogP contribution in [0.2, 0.25) is 0 Å². The van der Waals surface area contributed by atoms with E-state index in [1.54, 1.807) is 0 Å². The van der Waals surface area contributed by atoms with Gasteiger partial charge in [0.2, 0.25) is 0 Å². The molecule has 0 atom stereocenters. The van der Waals surface area contributed by atoms with Crippen LogP contribution in [0.1, 0.15) is 85.5 Å². The van der Waals surface area contributed by atoms with E-state index in [9.17, 15) is 4.79 Å². The van der Waals surface area contributed by atoms with E-state index in [0.29, 0.717) is 6.61 Å². The standard InChI is InChI=1S/C26H42O2/c1-5-9-10-11-12-13-14-15-16-17-18-19-20-21-22-23-24-26(6-2,7-3)25(27)28-8-4/h9-10,12-13,15-16,18-19,21-22H,5-8,11,14,17,20,23-24H2,1-4H3. The van der Waals surface area contributed by atoms with Crippen LogP contribution in [0.5, 0.6) is 0 Å². The summed E-state index contributed by atoms with van der Waals surface area (Å²) in [4.78, 5) is 12.2. The number of rotatable bonds is 16. The molecule has 0 heterocycles. The summed E-state index contributed by atoms with van der Waals surface area (Å²) in [5, 5.41) is 0. The predicted molar refractivity (Wildman–Crippen MR) is 123 cm³/mol. The highest BCUT2D eigenvalue weighted by atomic mass is 16.5. The number of esters is 1.